The van der Waals surface area contributed by atoms with Crippen molar-refractivity contribution in [2.45, 2.75) is 25.9 Å². The lowest BCUT2D eigenvalue weighted by Gasteiger charge is -2.47. The quantitative estimate of drug-likeness (QED) is 0.692. The lowest BCUT2D eigenvalue weighted by molar-refractivity contribution is -0.383. The van der Waals surface area contributed by atoms with Crippen LogP contribution in [0, 0.1) is 17.0 Å². The zero-order valence-electron chi connectivity index (χ0n) is 12.0. The fourth-order valence-electron chi connectivity index (χ4n) is 2.81. The van der Waals surface area contributed by atoms with E-state index in [4.69, 9.17) is 0 Å². The summed E-state index contributed by atoms with van der Waals surface area (Å²) >= 11 is 0. The first-order valence-corrected chi connectivity index (χ1v) is 6.94. The van der Waals surface area contributed by atoms with Gasteiger partial charge < -0.3 is 10.0 Å². The molecule has 0 aliphatic carbocycles. The van der Waals surface area contributed by atoms with E-state index in [1.807, 2.05) is 19.9 Å². The highest BCUT2D eigenvalue weighted by molar-refractivity contribution is 6.00. The topological polar surface area (TPSA) is 79.5 Å². The number of nitrogens with zero attached hydrogens (tertiary/aromatic N) is 3. The average Bonchev–Trinajstić information content (AvgIpc) is 2.42. The molecule has 21 heavy (non-hydrogen) atoms. The molecule has 3 rings (SSSR count). The number of nitro benzene ring substituents is 1. The average molecular weight is 287 g/mol. The van der Waals surface area contributed by atoms with Crippen molar-refractivity contribution in [3.63, 3.8) is 0 Å². The van der Waals surface area contributed by atoms with Gasteiger partial charge in [-0.05, 0) is 25.5 Å². The summed E-state index contributed by atoms with van der Waals surface area (Å²) in [6.45, 7) is 4.93. The second-order valence-corrected chi connectivity index (χ2v) is 5.67. The van der Waals surface area contributed by atoms with Gasteiger partial charge in [0.15, 0.2) is 0 Å². The molecule has 1 fully saturated rings. The highest BCUT2D eigenvalue weighted by Gasteiger charge is 2.40. The number of fused-ring (bicyclic) bond motifs is 1. The number of benzene rings is 1. The summed E-state index contributed by atoms with van der Waals surface area (Å²) in [4.78, 5) is 17.0. The summed E-state index contributed by atoms with van der Waals surface area (Å²) in [6, 6.07) is 5.13. The maximum atomic E-state index is 11.1. The van der Waals surface area contributed by atoms with Gasteiger partial charge in [0.25, 0.3) is 5.69 Å². The van der Waals surface area contributed by atoms with Crippen molar-refractivity contribution in [2.75, 3.05) is 18.0 Å². The first-order valence-electron chi connectivity index (χ1n) is 6.94. The molecule has 1 N–H and O–H groups in total. The Morgan fingerprint density at radius 1 is 1.43 bits per heavy atom. The number of anilines is 1. The van der Waals surface area contributed by atoms with Gasteiger partial charge in [0.05, 0.1) is 15.9 Å². The zero-order chi connectivity index (χ0) is 15.2. The fraction of sp³-hybridized carbons (Fsp3) is 0.400. The molecule has 0 radical (unpaired) electrons. The minimum absolute atomic E-state index is 0.0625. The predicted octanol–water partition coefficient (Wildman–Crippen LogP) is 2.41. The van der Waals surface area contributed by atoms with Crippen LogP contribution >= 0.6 is 0 Å². The number of hydrogen-bond acceptors (Lipinski definition) is 5. The van der Waals surface area contributed by atoms with E-state index in [0.717, 1.165) is 16.8 Å². The summed E-state index contributed by atoms with van der Waals surface area (Å²) in [7, 11) is 0. The van der Waals surface area contributed by atoms with Gasteiger partial charge in [-0.15, -0.1) is 0 Å². The molecule has 1 aromatic heterocycles. The Kier molecular flexibility index (Phi) is 3.06. The van der Waals surface area contributed by atoms with Crippen LogP contribution in [-0.2, 0) is 0 Å². The number of β-amino-alcohol motifs (C(OH)–C–C–N with tert-alkyl or cyclic N) is 1. The number of aliphatic hydroxyl groups is 1. The SMILES string of the molecule is CCC1(O)CN(c2ccc([N+](=O)[O-])c3cnc(C)cc23)C1. The second-order valence-electron chi connectivity index (χ2n) is 5.67. The van der Waals surface area contributed by atoms with Crippen molar-refractivity contribution in [2.24, 2.45) is 0 Å². The van der Waals surface area contributed by atoms with E-state index in [9.17, 15) is 15.2 Å². The van der Waals surface area contributed by atoms with Crippen LogP contribution in [0.2, 0.25) is 0 Å². The maximum absolute atomic E-state index is 11.1. The molecule has 2 aromatic rings. The van der Waals surface area contributed by atoms with Crippen LogP contribution in [0.1, 0.15) is 19.0 Å². The van der Waals surface area contributed by atoms with Gasteiger partial charge in [-0.1, -0.05) is 6.92 Å². The van der Waals surface area contributed by atoms with E-state index in [1.165, 1.54) is 6.07 Å². The largest absolute Gasteiger partial charge is 0.386 e. The molecule has 1 aromatic carbocycles. The predicted molar refractivity (Wildman–Crippen MR) is 80.6 cm³/mol. The summed E-state index contributed by atoms with van der Waals surface area (Å²) in [6.07, 6.45) is 2.26. The molecule has 1 aliphatic heterocycles. The Morgan fingerprint density at radius 3 is 2.76 bits per heavy atom. The molecule has 0 atom stereocenters. The number of pyridine rings is 1. The van der Waals surface area contributed by atoms with Crippen molar-refractivity contribution in [1.82, 2.24) is 4.98 Å². The third-order valence-electron chi connectivity index (χ3n) is 4.16. The maximum Gasteiger partial charge on any atom is 0.278 e. The third kappa shape index (κ3) is 2.21. The minimum Gasteiger partial charge on any atom is -0.386 e. The van der Waals surface area contributed by atoms with Crippen molar-refractivity contribution < 1.29 is 10.0 Å². The van der Waals surface area contributed by atoms with Crippen LogP contribution in [0.25, 0.3) is 10.8 Å². The molecule has 110 valence electrons. The molecule has 1 saturated heterocycles. The van der Waals surface area contributed by atoms with Crippen molar-refractivity contribution in [1.29, 1.82) is 0 Å². The molecule has 6 nitrogen and oxygen atoms in total. The molecule has 1 aliphatic rings. The van der Waals surface area contributed by atoms with Crippen molar-refractivity contribution in [3.05, 3.63) is 40.2 Å². The first-order chi connectivity index (χ1) is 9.93. The van der Waals surface area contributed by atoms with Crippen molar-refractivity contribution >= 4 is 22.1 Å². The molecule has 0 bridgehead atoms. The molecular weight excluding hydrogens is 270 g/mol. The van der Waals surface area contributed by atoms with E-state index >= 15 is 0 Å². The van der Waals surface area contributed by atoms with Gasteiger partial charge in [-0.25, -0.2) is 0 Å². The lowest BCUT2D eigenvalue weighted by Crippen LogP contribution is -2.61. The van der Waals surface area contributed by atoms with E-state index in [1.54, 1.807) is 12.3 Å². The van der Waals surface area contributed by atoms with Gasteiger partial charge in [0, 0.05) is 42.1 Å². The second kappa shape index (κ2) is 4.66. The van der Waals surface area contributed by atoms with Crippen LogP contribution < -0.4 is 4.90 Å². The third-order valence-corrected chi connectivity index (χ3v) is 4.16. The highest BCUT2D eigenvalue weighted by Crippen LogP contribution is 2.38. The van der Waals surface area contributed by atoms with E-state index in [-0.39, 0.29) is 10.6 Å². The summed E-state index contributed by atoms with van der Waals surface area (Å²) in [5.74, 6) is 0. The van der Waals surface area contributed by atoms with Crippen molar-refractivity contribution in [3.8, 4) is 0 Å². The number of non-ortho nitro benzene ring substituents is 1. The van der Waals surface area contributed by atoms with Crippen LogP contribution in [0.3, 0.4) is 0 Å². The molecule has 6 heteroatoms. The lowest BCUT2D eigenvalue weighted by atomic mass is 9.90. The normalized spacial score (nSPS) is 16.8. The Hall–Kier alpha value is -2.21. The molecule has 0 spiro atoms. The minimum atomic E-state index is -0.643. The Balaban J connectivity index is 2.10. The summed E-state index contributed by atoms with van der Waals surface area (Å²) < 4.78 is 0. The van der Waals surface area contributed by atoms with Gasteiger partial charge in [-0.2, -0.15) is 0 Å². The Labute approximate surface area is 122 Å². The van der Waals surface area contributed by atoms with E-state index in [0.29, 0.717) is 24.9 Å². The number of aromatic nitrogens is 1. The first kappa shape index (κ1) is 13.8. The number of rotatable bonds is 3. The van der Waals surface area contributed by atoms with Crippen LogP contribution in [0.4, 0.5) is 11.4 Å². The Bertz CT molecular complexity index is 723. The summed E-state index contributed by atoms with van der Waals surface area (Å²) in [5, 5.41) is 22.6. The molecule has 0 unspecified atom stereocenters. The number of hydrogen-bond donors (Lipinski definition) is 1. The standard InChI is InChI=1S/C15H17N3O3/c1-3-15(19)8-17(9-15)13-4-5-14(18(20)21)12-7-16-10(2)6-11(12)13/h4-7,19H,3,8-9H2,1-2H3. The monoisotopic (exact) mass is 287 g/mol. The van der Waals surface area contributed by atoms with Crippen LogP contribution in [0.5, 0.6) is 0 Å². The smallest absolute Gasteiger partial charge is 0.278 e. The zero-order valence-corrected chi connectivity index (χ0v) is 12.0. The number of nitro groups is 1. The van der Waals surface area contributed by atoms with Crippen LogP contribution in [0.15, 0.2) is 24.4 Å². The summed E-state index contributed by atoms with van der Waals surface area (Å²) in [5.41, 5.74) is 1.15. The molecule has 2 heterocycles. The highest BCUT2D eigenvalue weighted by atomic mass is 16.6. The van der Waals surface area contributed by atoms with Gasteiger partial charge in [0.1, 0.15) is 0 Å². The number of aryl methyl sites for hydroxylation is 1. The molecule has 0 saturated carbocycles. The van der Waals surface area contributed by atoms with E-state index < -0.39 is 5.60 Å². The fourth-order valence-corrected chi connectivity index (χ4v) is 2.81. The van der Waals surface area contributed by atoms with Gasteiger partial charge in [0.2, 0.25) is 0 Å². The van der Waals surface area contributed by atoms with Crippen LogP contribution in [-0.4, -0.2) is 33.7 Å². The Morgan fingerprint density at radius 2 is 2.14 bits per heavy atom. The van der Waals surface area contributed by atoms with Gasteiger partial charge in [-0.3, -0.25) is 15.1 Å². The van der Waals surface area contributed by atoms with Gasteiger partial charge >= 0.3 is 0 Å². The molecular formula is C15H17N3O3. The molecule has 0 amide bonds. The van der Waals surface area contributed by atoms with E-state index in [2.05, 4.69) is 9.88 Å².